The molecular weight excluding hydrogens is 470 g/mol. The summed E-state index contributed by atoms with van der Waals surface area (Å²) in [7, 11) is 0. The lowest BCUT2D eigenvalue weighted by molar-refractivity contribution is 0.0904. The number of nitrogens with one attached hydrogen (secondary N) is 3. The number of anilines is 8. The standard InChI is InChI=1S/C29H28ClN5O/c1-19-6-9-22(18-31-19)33-25-16-27-29(17-26(25)32-21-12-14-36-15-13-21)35(23-10-7-20(30)8-11-23)28-5-3-2-4-24(28)34-27/h2-11,16-18,21,32-34H,12-15H2,1H3. The van der Waals surface area contributed by atoms with E-state index in [4.69, 9.17) is 16.3 Å². The maximum Gasteiger partial charge on any atom is 0.0719 e. The van der Waals surface area contributed by atoms with Crippen molar-refractivity contribution in [3.8, 4) is 0 Å². The smallest absolute Gasteiger partial charge is 0.0719 e. The van der Waals surface area contributed by atoms with Crippen LogP contribution < -0.4 is 20.9 Å². The maximum absolute atomic E-state index is 6.23. The fourth-order valence-corrected chi connectivity index (χ4v) is 4.90. The molecule has 3 N–H and O–H groups in total. The predicted molar refractivity (Wildman–Crippen MR) is 149 cm³/mol. The average Bonchev–Trinajstić information content (AvgIpc) is 2.90. The third kappa shape index (κ3) is 4.57. The average molecular weight is 498 g/mol. The fraction of sp³-hybridized carbons (Fsp3) is 0.207. The molecule has 36 heavy (non-hydrogen) atoms. The van der Waals surface area contributed by atoms with Crippen molar-refractivity contribution in [2.45, 2.75) is 25.8 Å². The number of nitrogens with zero attached hydrogens (tertiary/aromatic N) is 2. The number of benzene rings is 3. The molecule has 6 rings (SSSR count). The van der Waals surface area contributed by atoms with E-state index in [-0.39, 0.29) is 0 Å². The van der Waals surface area contributed by atoms with E-state index in [1.165, 1.54) is 0 Å². The Morgan fingerprint density at radius 2 is 1.72 bits per heavy atom. The zero-order chi connectivity index (χ0) is 24.5. The highest BCUT2D eigenvalue weighted by Gasteiger charge is 2.26. The minimum absolute atomic E-state index is 0.348. The van der Waals surface area contributed by atoms with Crippen LogP contribution in [0.2, 0.25) is 5.02 Å². The van der Waals surface area contributed by atoms with Gasteiger partial charge in [0.1, 0.15) is 0 Å². The highest BCUT2D eigenvalue weighted by molar-refractivity contribution is 6.30. The van der Waals surface area contributed by atoms with Crippen molar-refractivity contribution in [3.05, 3.63) is 89.7 Å². The zero-order valence-corrected chi connectivity index (χ0v) is 20.8. The molecule has 4 aromatic rings. The van der Waals surface area contributed by atoms with Crippen molar-refractivity contribution < 1.29 is 4.74 Å². The van der Waals surface area contributed by atoms with Gasteiger partial charge >= 0.3 is 0 Å². The number of halogens is 1. The summed E-state index contributed by atoms with van der Waals surface area (Å²) in [6.45, 7) is 3.55. The second-order valence-electron chi connectivity index (χ2n) is 9.21. The number of hydrogen-bond acceptors (Lipinski definition) is 6. The SMILES string of the molecule is Cc1ccc(Nc2cc3c(cc2NC2CCOCC2)N(c2ccc(Cl)cc2)c2ccccc2N3)cn1. The third-order valence-electron chi connectivity index (χ3n) is 6.65. The van der Waals surface area contributed by atoms with E-state index in [0.717, 1.165) is 82.3 Å². The Bertz CT molecular complexity index is 1370. The van der Waals surface area contributed by atoms with Crippen LogP contribution in [-0.4, -0.2) is 24.2 Å². The molecule has 0 radical (unpaired) electrons. The summed E-state index contributed by atoms with van der Waals surface area (Å²) in [6, 6.07) is 25.2. The normalized spacial score (nSPS) is 15.0. The number of aryl methyl sites for hydroxylation is 1. The summed E-state index contributed by atoms with van der Waals surface area (Å²) in [5, 5.41) is 11.8. The monoisotopic (exact) mass is 497 g/mol. The Kier molecular flexibility index (Phi) is 6.13. The van der Waals surface area contributed by atoms with Gasteiger partial charge in [0.15, 0.2) is 0 Å². The quantitative estimate of drug-likeness (QED) is 0.229. The number of rotatable bonds is 5. The highest BCUT2D eigenvalue weighted by atomic mass is 35.5. The first kappa shape index (κ1) is 22.7. The minimum Gasteiger partial charge on any atom is -0.381 e. The predicted octanol–water partition coefficient (Wildman–Crippen LogP) is 7.90. The van der Waals surface area contributed by atoms with Crippen LogP contribution in [-0.2, 0) is 4.74 Å². The summed E-state index contributed by atoms with van der Waals surface area (Å²) >= 11 is 6.23. The number of ether oxygens (including phenoxy) is 1. The van der Waals surface area contributed by atoms with Crippen molar-refractivity contribution in [1.82, 2.24) is 4.98 Å². The van der Waals surface area contributed by atoms with Crippen LogP contribution in [0.1, 0.15) is 18.5 Å². The molecule has 2 aliphatic rings. The molecule has 0 aliphatic carbocycles. The molecule has 3 heterocycles. The van der Waals surface area contributed by atoms with Gasteiger partial charge in [0.05, 0.1) is 46.0 Å². The number of para-hydroxylation sites is 2. The Morgan fingerprint density at radius 1 is 0.917 bits per heavy atom. The van der Waals surface area contributed by atoms with Gasteiger partial charge in [-0.3, -0.25) is 4.98 Å². The van der Waals surface area contributed by atoms with E-state index in [1.54, 1.807) is 0 Å². The molecule has 1 fully saturated rings. The number of aromatic nitrogens is 1. The van der Waals surface area contributed by atoms with E-state index < -0.39 is 0 Å². The van der Waals surface area contributed by atoms with Crippen molar-refractivity contribution in [2.24, 2.45) is 0 Å². The molecule has 0 unspecified atom stereocenters. The van der Waals surface area contributed by atoms with Gasteiger partial charge in [0.2, 0.25) is 0 Å². The van der Waals surface area contributed by atoms with E-state index in [2.05, 4.69) is 80.4 Å². The second-order valence-corrected chi connectivity index (χ2v) is 9.65. The number of fused-ring (bicyclic) bond motifs is 2. The van der Waals surface area contributed by atoms with Crippen molar-refractivity contribution in [3.63, 3.8) is 0 Å². The molecule has 1 saturated heterocycles. The van der Waals surface area contributed by atoms with Gasteiger partial charge in [0, 0.05) is 35.7 Å². The van der Waals surface area contributed by atoms with E-state index >= 15 is 0 Å². The van der Waals surface area contributed by atoms with Crippen molar-refractivity contribution in [1.29, 1.82) is 0 Å². The van der Waals surface area contributed by atoms with Crippen LogP contribution in [0.3, 0.4) is 0 Å². The summed E-state index contributed by atoms with van der Waals surface area (Å²) in [4.78, 5) is 6.74. The summed E-state index contributed by atoms with van der Waals surface area (Å²) in [6.07, 6.45) is 3.82. The minimum atomic E-state index is 0.348. The molecule has 1 aromatic heterocycles. The van der Waals surface area contributed by atoms with Gasteiger partial charge in [-0.1, -0.05) is 23.7 Å². The molecule has 182 valence electrons. The van der Waals surface area contributed by atoms with Crippen LogP contribution in [0.15, 0.2) is 79.0 Å². The molecule has 0 atom stereocenters. The van der Waals surface area contributed by atoms with E-state index in [1.807, 2.05) is 31.3 Å². The van der Waals surface area contributed by atoms with Gasteiger partial charge in [-0.15, -0.1) is 0 Å². The lowest BCUT2D eigenvalue weighted by Gasteiger charge is -2.35. The van der Waals surface area contributed by atoms with Crippen molar-refractivity contribution in [2.75, 3.05) is 34.1 Å². The Morgan fingerprint density at radius 3 is 2.50 bits per heavy atom. The first-order valence-electron chi connectivity index (χ1n) is 12.3. The molecular formula is C29H28ClN5O. The van der Waals surface area contributed by atoms with E-state index in [9.17, 15) is 0 Å². The van der Waals surface area contributed by atoms with Crippen LogP contribution in [0.25, 0.3) is 0 Å². The number of hydrogen-bond donors (Lipinski definition) is 3. The fourth-order valence-electron chi connectivity index (χ4n) is 4.77. The molecule has 0 bridgehead atoms. The molecule has 0 amide bonds. The van der Waals surface area contributed by atoms with Crippen molar-refractivity contribution >= 4 is 57.1 Å². The third-order valence-corrected chi connectivity index (χ3v) is 6.90. The molecule has 3 aromatic carbocycles. The molecule has 2 aliphatic heterocycles. The van der Waals surface area contributed by atoms with Gasteiger partial charge in [-0.25, -0.2) is 0 Å². The maximum atomic E-state index is 6.23. The van der Waals surface area contributed by atoms with Gasteiger partial charge in [-0.2, -0.15) is 0 Å². The van der Waals surface area contributed by atoms with E-state index in [0.29, 0.717) is 6.04 Å². The summed E-state index contributed by atoms with van der Waals surface area (Å²) in [5.41, 5.74) is 9.25. The molecule has 0 spiro atoms. The second kappa shape index (κ2) is 9.72. The van der Waals surface area contributed by atoms with Crippen LogP contribution >= 0.6 is 11.6 Å². The Labute approximate surface area is 216 Å². The largest absolute Gasteiger partial charge is 0.381 e. The van der Waals surface area contributed by atoms with Gasteiger partial charge in [0.25, 0.3) is 0 Å². The molecule has 0 saturated carbocycles. The first-order chi connectivity index (χ1) is 17.6. The van der Waals surface area contributed by atoms with Crippen LogP contribution in [0.4, 0.5) is 45.5 Å². The number of pyridine rings is 1. The molecule has 7 heteroatoms. The van der Waals surface area contributed by atoms with Crippen LogP contribution in [0.5, 0.6) is 0 Å². The lowest BCUT2D eigenvalue weighted by Crippen LogP contribution is -2.28. The van der Waals surface area contributed by atoms with Crippen LogP contribution in [0, 0.1) is 6.92 Å². The topological polar surface area (TPSA) is 61.5 Å². The zero-order valence-electron chi connectivity index (χ0n) is 20.1. The lowest BCUT2D eigenvalue weighted by atomic mass is 10.0. The van der Waals surface area contributed by atoms with Gasteiger partial charge in [-0.05, 0) is 80.4 Å². The summed E-state index contributed by atoms with van der Waals surface area (Å²) < 4.78 is 5.60. The summed E-state index contributed by atoms with van der Waals surface area (Å²) in [5.74, 6) is 0. The highest BCUT2D eigenvalue weighted by Crippen LogP contribution is 2.50. The molecule has 6 nitrogen and oxygen atoms in total. The Hall–Kier alpha value is -3.74. The Balaban J connectivity index is 1.47. The van der Waals surface area contributed by atoms with Gasteiger partial charge < -0.3 is 25.6 Å². The first-order valence-corrected chi connectivity index (χ1v) is 12.7.